The van der Waals surface area contributed by atoms with Gasteiger partial charge in [0.2, 0.25) is 0 Å². The fraction of sp³-hybridized carbons (Fsp3) is 0.0800. The molecule has 4 aromatic rings. The molecule has 0 saturated carbocycles. The van der Waals surface area contributed by atoms with Gasteiger partial charge in [0, 0.05) is 34.3 Å². The van der Waals surface area contributed by atoms with Gasteiger partial charge in [0.1, 0.15) is 11.3 Å². The molecule has 0 bridgehead atoms. The van der Waals surface area contributed by atoms with E-state index in [9.17, 15) is 14.4 Å². The Morgan fingerprint density at radius 1 is 0.903 bits per heavy atom. The van der Waals surface area contributed by atoms with E-state index in [1.807, 2.05) is 13.0 Å². The quantitative estimate of drug-likeness (QED) is 0.368. The maximum Gasteiger partial charge on any atom is 0.336 e. The van der Waals surface area contributed by atoms with E-state index in [-0.39, 0.29) is 18.3 Å². The zero-order valence-electron chi connectivity index (χ0n) is 16.8. The highest BCUT2D eigenvalue weighted by Gasteiger charge is 2.10. The second kappa shape index (κ2) is 8.67. The Morgan fingerprint density at radius 2 is 1.65 bits per heavy atom. The molecule has 3 aromatic carbocycles. The summed E-state index contributed by atoms with van der Waals surface area (Å²) in [5.41, 5.74) is 2.39. The number of aryl methyl sites for hydroxylation is 1. The van der Waals surface area contributed by atoms with Gasteiger partial charge in [-0.05, 0) is 61.0 Å². The first-order chi connectivity index (χ1) is 15.0. The van der Waals surface area contributed by atoms with Gasteiger partial charge in [-0.15, -0.1) is 0 Å². The van der Waals surface area contributed by atoms with Crippen LogP contribution in [0.1, 0.15) is 26.3 Å². The van der Waals surface area contributed by atoms with Crippen LogP contribution in [0.15, 0.2) is 88.1 Å². The highest BCUT2D eigenvalue weighted by atomic mass is 16.5. The molecule has 0 fully saturated rings. The van der Waals surface area contributed by atoms with Gasteiger partial charge >= 0.3 is 5.63 Å². The molecule has 6 heteroatoms. The van der Waals surface area contributed by atoms with E-state index < -0.39 is 5.63 Å². The number of benzene rings is 3. The van der Waals surface area contributed by atoms with Crippen molar-refractivity contribution in [2.75, 3.05) is 11.9 Å². The van der Waals surface area contributed by atoms with E-state index in [0.29, 0.717) is 28.1 Å². The van der Waals surface area contributed by atoms with Crippen molar-refractivity contribution in [1.82, 2.24) is 0 Å². The summed E-state index contributed by atoms with van der Waals surface area (Å²) in [4.78, 5) is 36.2. The van der Waals surface area contributed by atoms with Gasteiger partial charge in [0.05, 0.1) is 0 Å². The number of fused-ring (bicyclic) bond motifs is 1. The van der Waals surface area contributed by atoms with Gasteiger partial charge < -0.3 is 14.5 Å². The molecule has 0 aliphatic rings. The summed E-state index contributed by atoms with van der Waals surface area (Å²) in [6, 6.07) is 22.0. The second-order valence-electron chi connectivity index (χ2n) is 7.02. The Bertz CT molecular complexity index is 1310. The highest BCUT2D eigenvalue weighted by Crippen LogP contribution is 2.22. The summed E-state index contributed by atoms with van der Waals surface area (Å²) in [5.74, 6) is -0.00530. The maximum absolute atomic E-state index is 12.5. The number of hydrogen-bond donors (Lipinski definition) is 1. The summed E-state index contributed by atoms with van der Waals surface area (Å²) in [6.07, 6.45) is 0. The maximum atomic E-state index is 12.5. The monoisotopic (exact) mass is 413 g/mol. The van der Waals surface area contributed by atoms with Crippen LogP contribution in [0.3, 0.4) is 0 Å². The van der Waals surface area contributed by atoms with Crippen molar-refractivity contribution < 1.29 is 18.7 Å². The average Bonchev–Trinajstić information content (AvgIpc) is 2.78. The normalized spacial score (nSPS) is 10.6. The lowest BCUT2D eigenvalue weighted by Gasteiger charge is -2.08. The van der Waals surface area contributed by atoms with E-state index in [2.05, 4.69) is 5.32 Å². The van der Waals surface area contributed by atoms with Gasteiger partial charge in [-0.2, -0.15) is 0 Å². The SMILES string of the molecule is Cc1cc(=O)oc2cc(OCC(=O)c3ccc(NC(=O)c4ccccc4)cc3)ccc12. The number of Topliss-reactive ketones (excluding diaryl/α,β-unsaturated/α-hetero) is 1. The average molecular weight is 413 g/mol. The molecule has 1 N–H and O–H groups in total. The number of nitrogens with one attached hydrogen (secondary N) is 1. The summed E-state index contributed by atoms with van der Waals surface area (Å²) in [7, 11) is 0. The third-order valence-corrected chi connectivity index (χ3v) is 4.79. The van der Waals surface area contributed by atoms with Gasteiger partial charge in [-0.1, -0.05) is 18.2 Å². The standard InChI is InChI=1S/C25H19NO5/c1-16-13-24(28)31-23-14-20(11-12-21(16)23)30-15-22(27)17-7-9-19(10-8-17)26-25(29)18-5-3-2-4-6-18/h2-14H,15H2,1H3,(H,26,29). The van der Waals surface area contributed by atoms with E-state index in [1.54, 1.807) is 66.7 Å². The molecule has 0 atom stereocenters. The first-order valence-electron chi connectivity index (χ1n) is 9.66. The Balaban J connectivity index is 1.39. The van der Waals surface area contributed by atoms with E-state index in [4.69, 9.17) is 9.15 Å². The zero-order chi connectivity index (χ0) is 21.8. The van der Waals surface area contributed by atoms with Crippen LogP contribution < -0.4 is 15.7 Å². The van der Waals surface area contributed by atoms with Crippen molar-refractivity contribution in [1.29, 1.82) is 0 Å². The van der Waals surface area contributed by atoms with Crippen LogP contribution in [0.5, 0.6) is 5.75 Å². The molecule has 0 spiro atoms. The second-order valence-corrected chi connectivity index (χ2v) is 7.02. The van der Waals surface area contributed by atoms with Crippen LogP contribution in [-0.2, 0) is 0 Å². The molecular formula is C25H19NO5. The van der Waals surface area contributed by atoms with E-state index >= 15 is 0 Å². The Labute approximate surface area is 178 Å². The van der Waals surface area contributed by atoms with Gasteiger partial charge in [0.25, 0.3) is 5.91 Å². The fourth-order valence-electron chi connectivity index (χ4n) is 3.16. The number of carbonyl (C=O) groups excluding carboxylic acids is 2. The molecular weight excluding hydrogens is 394 g/mol. The van der Waals surface area contributed by atoms with E-state index in [0.717, 1.165) is 10.9 Å². The molecule has 6 nitrogen and oxygen atoms in total. The lowest BCUT2D eigenvalue weighted by Crippen LogP contribution is -2.13. The molecule has 0 saturated heterocycles. The van der Waals surface area contributed by atoms with Crippen LogP contribution in [0, 0.1) is 6.92 Å². The van der Waals surface area contributed by atoms with Crippen LogP contribution in [0.2, 0.25) is 0 Å². The molecule has 4 rings (SSSR count). The Hall–Kier alpha value is -4.19. The topological polar surface area (TPSA) is 85.6 Å². The minimum absolute atomic E-state index is 0.169. The summed E-state index contributed by atoms with van der Waals surface area (Å²) >= 11 is 0. The number of amides is 1. The third kappa shape index (κ3) is 4.70. The van der Waals surface area contributed by atoms with Crippen molar-refractivity contribution in [2.24, 2.45) is 0 Å². The van der Waals surface area contributed by atoms with Gasteiger partial charge in [-0.3, -0.25) is 9.59 Å². The molecule has 0 radical (unpaired) electrons. The Kier molecular flexibility index (Phi) is 5.62. The number of carbonyl (C=O) groups is 2. The summed E-state index contributed by atoms with van der Waals surface area (Å²) < 4.78 is 10.8. The fourth-order valence-corrected chi connectivity index (χ4v) is 3.16. The third-order valence-electron chi connectivity index (χ3n) is 4.79. The predicted octanol–water partition coefficient (Wildman–Crippen LogP) is 4.62. The summed E-state index contributed by atoms with van der Waals surface area (Å²) in [6.45, 7) is 1.66. The van der Waals surface area contributed by atoms with Crippen molar-refractivity contribution in [2.45, 2.75) is 6.92 Å². The van der Waals surface area contributed by atoms with Crippen molar-refractivity contribution in [3.63, 3.8) is 0 Å². The largest absolute Gasteiger partial charge is 0.485 e. The van der Waals surface area contributed by atoms with Gasteiger partial charge in [-0.25, -0.2) is 4.79 Å². The predicted molar refractivity (Wildman–Crippen MR) is 118 cm³/mol. The van der Waals surface area contributed by atoms with Crippen LogP contribution in [-0.4, -0.2) is 18.3 Å². The van der Waals surface area contributed by atoms with Crippen LogP contribution in [0.25, 0.3) is 11.0 Å². The molecule has 0 aliphatic heterocycles. The van der Waals surface area contributed by atoms with Crippen LogP contribution >= 0.6 is 0 Å². The number of anilines is 1. The molecule has 1 heterocycles. The molecule has 31 heavy (non-hydrogen) atoms. The lowest BCUT2D eigenvalue weighted by atomic mass is 10.1. The molecule has 0 unspecified atom stereocenters. The Morgan fingerprint density at radius 3 is 2.39 bits per heavy atom. The first-order valence-corrected chi connectivity index (χ1v) is 9.66. The van der Waals surface area contributed by atoms with Crippen molar-refractivity contribution in [3.8, 4) is 5.75 Å². The number of ether oxygens (including phenoxy) is 1. The molecule has 1 amide bonds. The van der Waals surface area contributed by atoms with Gasteiger partial charge in [0.15, 0.2) is 12.4 Å². The minimum Gasteiger partial charge on any atom is -0.485 e. The summed E-state index contributed by atoms with van der Waals surface area (Å²) in [5, 5.41) is 3.60. The van der Waals surface area contributed by atoms with E-state index in [1.165, 1.54) is 6.07 Å². The first kappa shape index (κ1) is 20.1. The molecule has 0 aliphatic carbocycles. The minimum atomic E-state index is -0.433. The number of ketones is 1. The smallest absolute Gasteiger partial charge is 0.336 e. The highest BCUT2D eigenvalue weighted by molar-refractivity contribution is 6.04. The lowest BCUT2D eigenvalue weighted by molar-refractivity contribution is 0.0921. The molecule has 154 valence electrons. The number of rotatable bonds is 6. The van der Waals surface area contributed by atoms with Crippen molar-refractivity contribution in [3.05, 3.63) is 106 Å². The zero-order valence-corrected chi connectivity index (χ0v) is 16.8. The van der Waals surface area contributed by atoms with Crippen LogP contribution in [0.4, 0.5) is 5.69 Å². The molecule has 1 aromatic heterocycles. The number of hydrogen-bond acceptors (Lipinski definition) is 5. The van der Waals surface area contributed by atoms with Crippen molar-refractivity contribution >= 4 is 28.3 Å².